The Morgan fingerprint density at radius 3 is 2.88 bits per heavy atom. The number of methoxy groups -OCH3 is 1. The Kier molecular flexibility index (Phi) is 3.81. The first kappa shape index (κ1) is 12.1. The normalized spacial score (nSPS) is 19.0. The van der Waals surface area contributed by atoms with E-state index in [2.05, 4.69) is 0 Å². The Balaban J connectivity index is 2.18. The van der Waals surface area contributed by atoms with Crippen LogP contribution < -0.4 is 15.2 Å². The Bertz CT molecular complexity index is 416. The van der Waals surface area contributed by atoms with Gasteiger partial charge in [0.05, 0.1) is 20.3 Å². The minimum atomic E-state index is 0.0968. The number of hydrogen-bond acceptors (Lipinski definition) is 4. The zero-order valence-corrected chi connectivity index (χ0v) is 10.5. The standard InChI is InChI=1S/C12H15NO3S/c1-14-11-6-8(12(13)17)2-3-10(11)16-9-4-5-15-7-9/h2-3,6,9H,4-5,7H2,1H3,(H2,13,17). The first-order valence-corrected chi connectivity index (χ1v) is 5.84. The molecule has 2 N–H and O–H groups in total. The highest BCUT2D eigenvalue weighted by atomic mass is 32.1. The molecule has 0 amide bonds. The monoisotopic (exact) mass is 253 g/mol. The van der Waals surface area contributed by atoms with Crippen molar-refractivity contribution >= 4 is 17.2 Å². The maximum absolute atomic E-state index is 5.80. The summed E-state index contributed by atoms with van der Waals surface area (Å²) in [6, 6.07) is 5.44. The van der Waals surface area contributed by atoms with Gasteiger partial charge in [-0.15, -0.1) is 0 Å². The molecule has 1 aliphatic rings. The van der Waals surface area contributed by atoms with Crippen LogP contribution in [0.4, 0.5) is 0 Å². The highest BCUT2D eigenvalue weighted by molar-refractivity contribution is 7.80. The van der Waals surface area contributed by atoms with Crippen molar-refractivity contribution in [3.8, 4) is 11.5 Å². The second-order valence-electron chi connectivity index (χ2n) is 3.83. The van der Waals surface area contributed by atoms with Gasteiger partial charge in [-0.2, -0.15) is 0 Å². The molecule has 0 aliphatic carbocycles. The average Bonchev–Trinajstić information content (AvgIpc) is 2.82. The lowest BCUT2D eigenvalue weighted by molar-refractivity contribution is 0.138. The molecule has 1 unspecified atom stereocenters. The second-order valence-corrected chi connectivity index (χ2v) is 4.27. The summed E-state index contributed by atoms with van der Waals surface area (Å²) in [6.45, 7) is 1.37. The molecular weight excluding hydrogens is 238 g/mol. The number of nitrogens with two attached hydrogens (primary N) is 1. The van der Waals surface area contributed by atoms with Crippen LogP contribution in [-0.2, 0) is 4.74 Å². The molecule has 1 aromatic rings. The van der Waals surface area contributed by atoms with Crippen molar-refractivity contribution in [2.75, 3.05) is 20.3 Å². The van der Waals surface area contributed by atoms with Crippen LogP contribution in [0.25, 0.3) is 0 Å². The molecular formula is C12H15NO3S. The van der Waals surface area contributed by atoms with Gasteiger partial charge in [-0.05, 0) is 18.2 Å². The van der Waals surface area contributed by atoms with E-state index in [1.165, 1.54) is 0 Å². The first-order chi connectivity index (χ1) is 8.20. The third kappa shape index (κ3) is 2.87. The van der Waals surface area contributed by atoms with E-state index >= 15 is 0 Å². The molecule has 0 radical (unpaired) electrons. The van der Waals surface area contributed by atoms with Gasteiger partial charge >= 0.3 is 0 Å². The molecule has 1 heterocycles. The quantitative estimate of drug-likeness (QED) is 0.824. The van der Waals surface area contributed by atoms with Gasteiger partial charge in [0, 0.05) is 12.0 Å². The number of ether oxygens (including phenoxy) is 3. The molecule has 0 aromatic heterocycles. The number of rotatable bonds is 4. The van der Waals surface area contributed by atoms with Gasteiger partial charge in [-0.3, -0.25) is 0 Å². The minimum absolute atomic E-state index is 0.0968. The van der Waals surface area contributed by atoms with Crippen molar-refractivity contribution in [1.29, 1.82) is 0 Å². The van der Waals surface area contributed by atoms with Crippen LogP contribution in [0.3, 0.4) is 0 Å². The van der Waals surface area contributed by atoms with E-state index in [9.17, 15) is 0 Å². The molecule has 1 fully saturated rings. The third-order valence-corrected chi connectivity index (χ3v) is 2.87. The van der Waals surface area contributed by atoms with Crippen molar-refractivity contribution in [2.45, 2.75) is 12.5 Å². The fraction of sp³-hybridized carbons (Fsp3) is 0.417. The largest absolute Gasteiger partial charge is 0.493 e. The van der Waals surface area contributed by atoms with Crippen LogP contribution in [0.1, 0.15) is 12.0 Å². The molecule has 1 atom stereocenters. The summed E-state index contributed by atoms with van der Waals surface area (Å²) in [6.07, 6.45) is 1.000. The fourth-order valence-electron chi connectivity index (χ4n) is 1.70. The lowest BCUT2D eigenvalue weighted by atomic mass is 10.2. The summed E-state index contributed by atoms with van der Waals surface area (Å²) in [7, 11) is 1.59. The lowest BCUT2D eigenvalue weighted by Crippen LogP contribution is -2.16. The summed E-state index contributed by atoms with van der Waals surface area (Å²) < 4.78 is 16.3. The number of benzene rings is 1. The van der Waals surface area contributed by atoms with Gasteiger partial charge in [-0.25, -0.2) is 0 Å². The van der Waals surface area contributed by atoms with Crippen LogP contribution in [0.2, 0.25) is 0 Å². The Morgan fingerprint density at radius 1 is 1.47 bits per heavy atom. The smallest absolute Gasteiger partial charge is 0.161 e. The predicted octanol–water partition coefficient (Wildman–Crippen LogP) is 1.50. The van der Waals surface area contributed by atoms with Crippen molar-refractivity contribution in [1.82, 2.24) is 0 Å². The van der Waals surface area contributed by atoms with Gasteiger partial charge in [-0.1, -0.05) is 12.2 Å². The van der Waals surface area contributed by atoms with Gasteiger partial charge in [0.1, 0.15) is 11.1 Å². The van der Waals surface area contributed by atoms with E-state index in [1.54, 1.807) is 13.2 Å². The lowest BCUT2D eigenvalue weighted by Gasteiger charge is -2.15. The number of thiocarbonyl (C=S) groups is 1. The molecule has 0 spiro atoms. The molecule has 17 heavy (non-hydrogen) atoms. The van der Waals surface area contributed by atoms with Gasteiger partial charge in [0.25, 0.3) is 0 Å². The molecule has 4 nitrogen and oxygen atoms in total. The zero-order chi connectivity index (χ0) is 12.3. The molecule has 5 heteroatoms. The van der Waals surface area contributed by atoms with Gasteiger partial charge in [0.2, 0.25) is 0 Å². The summed E-state index contributed by atoms with van der Waals surface area (Å²) in [5.41, 5.74) is 6.34. The second kappa shape index (κ2) is 5.33. The Hall–Kier alpha value is -1.33. The van der Waals surface area contributed by atoms with Crippen LogP contribution in [0, 0.1) is 0 Å². The van der Waals surface area contributed by atoms with Crippen LogP contribution in [0.15, 0.2) is 18.2 Å². The molecule has 2 rings (SSSR count). The van der Waals surface area contributed by atoms with Crippen molar-refractivity contribution in [3.63, 3.8) is 0 Å². The van der Waals surface area contributed by atoms with Gasteiger partial charge in [0.15, 0.2) is 11.5 Å². The summed E-state index contributed by atoms with van der Waals surface area (Å²) in [4.78, 5) is 0.346. The van der Waals surface area contributed by atoms with Gasteiger partial charge < -0.3 is 19.9 Å². The number of hydrogen-bond donors (Lipinski definition) is 1. The summed E-state index contributed by atoms with van der Waals surface area (Å²) in [5, 5.41) is 0. The molecule has 1 saturated heterocycles. The Labute approximate surface area is 106 Å². The Morgan fingerprint density at radius 2 is 2.29 bits per heavy atom. The van der Waals surface area contributed by atoms with E-state index in [0.29, 0.717) is 23.1 Å². The SMILES string of the molecule is COc1cc(C(N)=S)ccc1OC1CCOC1. The molecule has 0 saturated carbocycles. The first-order valence-electron chi connectivity index (χ1n) is 5.43. The summed E-state index contributed by atoms with van der Waals surface area (Å²) >= 11 is 4.92. The maximum atomic E-state index is 5.80. The van der Waals surface area contributed by atoms with Crippen molar-refractivity contribution in [2.24, 2.45) is 5.73 Å². The third-order valence-electron chi connectivity index (χ3n) is 2.63. The summed E-state index contributed by atoms with van der Waals surface area (Å²) in [5.74, 6) is 1.34. The predicted molar refractivity (Wildman–Crippen MR) is 68.7 cm³/mol. The highest BCUT2D eigenvalue weighted by Crippen LogP contribution is 2.30. The molecule has 1 aromatic carbocycles. The average molecular weight is 253 g/mol. The van der Waals surface area contributed by atoms with E-state index in [-0.39, 0.29) is 6.10 Å². The van der Waals surface area contributed by atoms with Crippen LogP contribution in [-0.4, -0.2) is 31.4 Å². The topological polar surface area (TPSA) is 53.7 Å². The molecule has 1 aliphatic heterocycles. The van der Waals surface area contributed by atoms with E-state index in [0.717, 1.165) is 18.6 Å². The van der Waals surface area contributed by atoms with Crippen LogP contribution >= 0.6 is 12.2 Å². The van der Waals surface area contributed by atoms with E-state index < -0.39 is 0 Å². The van der Waals surface area contributed by atoms with E-state index in [1.807, 2.05) is 12.1 Å². The molecule has 92 valence electrons. The van der Waals surface area contributed by atoms with Crippen LogP contribution in [0.5, 0.6) is 11.5 Å². The van der Waals surface area contributed by atoms with Crippen molar-refractivity contribution < 1.29 is 14.2 Å². The van der Waals surface area contributed by atoms with Crippen molar-refractivity contribution in [3.05, 3.63) is 23.8 Å². The zero-order valence-electron chi connectivity index (χ0n) is 9.64. The fourth-order valence-corrected chi connectivity index (χ4v) is 1.83. The highest BCUT2D eigenvalue weighted by Gasteiger charge is 2.19. The minimum Gasteiger partial charge on any atom is -0.493 e. The van der Waals surface area contributed by atoms with E-state index in [4.69, 9.17) is 32.2 Å². The molecule has 0 bridgehead atoms. The maximum Gasteiger partial charge on any atom is 0.161 e.